The van der Waals surface area contributed by atoms with E-state index in [1.165, 1.54) is 0 Å². The first-order valence-corrected chi connectivity index (χ1v) is 8.96. The molecule has 0 N–H and O–H groups in total. The molecule has 1 amide bonds. The number of para-hydroxylation sites is 1. The molecule has 3 heterocycles. The number of pyridine rings is 1. The van der Waals surface area contributed by atoms with Gasteiger partial charge in [0.05, 0.1) is 11.4 Å². The van der Waals surface area contributed by atoms with Gasteiger partial charge in [0, 0.05) is 24.5 Å². The number of ether oxygens (including phenoxy) is 1. The van der Waals surface area contributed by atoms with Crippen LogP contribution in [0.2, 0.25) is 0 Å². The lowest BCUT2D eigenvalue weighted by Gasteiger charge is -2.15. The minimum atomic E-state index is 0.0230. The van der Waals surface area contributed by atoms with Crippen molar-refractivity contribution in [2.24, 2.45) is 0 Å². The van der Waals surface area contributed by atoms with Gasteiger partial charge in [-0.3, -0.25) is 4.79 Å². The number of fused-ring (bicyclic) bond motifs is 1. The first kappa shape index (κ1) is 16.6. The standard InChI is InChI=1S/C20H22N4O2/c1-14-12-17(26-13-18(25)23-10-6-7-11-23)21-20-19(14)15(2)22-24(20)16-8-4-3-5-9-16/h3-5,8-9,12H,6-7,10-11,13H2,1-2H3. The summed E-state index contributed by atoms with van der Waals surface area (Å²) in [7, 11) is 0. The number of aromatic nitrogens is 3. The molecule has 2 aromatic heterocycles. The van der Waals surface area contributed by atoms with Crippen LogP contribution in [0.5, 0.6) is 5.88 Å². The van der Waals surface area contributed by atoms with Gasteiger partial charge in [-0.25, -0.2) is 4.68 Å². The van der Waals surface area contributed by atoms with Crippen molar-refractivity contribution in [3.05, 3.63) is 47.7 Å². The van der Waals surface area contributed by atoms with Gasteiger partial charge in [-0.2, -0.15) is 10.1 Å². The topological polar surface area (TPSA) is 60.2 Å². The predicted octanol–water partition coefficient (Wildman–Crippen LogP) is 3.04. The molecule has 26 heavy (non-hydrogen) atoms. The summed E-state index contributed by atoms with van der Waals surface area (Å²) in [6.45, 7) is 5.68. The Labute approximate surface area is 152 Å². The number of likely N-dealkylation sites (tertiary alicyclic amines) is 1. The highest BCUT2D eigenvalue weighted by Crippen LogP contribution is 2.26. The number of aryl methyl sites for hydroxylation is 2. The Bertz CT molecular complexity index is 943. The van der Waals surface area contributed by atoms with Gasteiger partial charge in [0.2, 0.25) is 5.88 Å². The molecule has 0 spiro atoms. The Hall–Kier alpha value is -2.89. The number of nitrogens with zero attached hydrogens (tertiary/aromatic N) is 4. The molecular weight excluding hydrogens is 328 g/mol. The van der Waals surface area contributed by atoms with Crippen LogP contribution >= 0.6 is 0 Å². The fourth-order valence-electron chi connectivity index (χ4n) is 3.49. The highest BCUT2D eigenvalue weighted by molar-refractivity contribution is 5.84. The van der Waals surface area contributed by atoms with Gasteiger partial charge in [-0.15, -0.1) is 0 Å². The first-order valence-electron chi connectivity index (χ1n) is 8.96. The van der Waals surface area contributed by atoms with Crippen LogP contribution in [0.3, 0.4) is 0 Å². The van der Waals surface area contributed by atoms with Gasteiger partial charge >= 0.3 is 0 Å². The van der Waals surface area contributed by atoms with Gasteiger partial charge in [0.15, 0.2) is 12.3 Å². The van der Waals surface area contributed by atoms with Crippen molar-refractivity contribution in [2.45, 2.75) is 26.7 Å². The molecule has 1 aliphatic heterocycles. The van der Waals surface area contributed by atoms with E-state index in [-0.39, 0.29) is 12.5 Å². The Morgan fingerprint density at radius 2 is 1.88 bits per heavy atom. The second kappa shape index (κ2) is 6.78. The van der Waals surface area contributed by atoms with Crippen molar-refractivity contribution >= 4 is 16.9 Å². The zero-order valence-electron chi connectivity index (χ0n) is 15.1. The second-order valence-electron chi connectivity index (χ2n) is 6.69. The Morgan fingerprint density at radius 1 is 1.15 bits per heavy atom. The summed E-state index contributed by atoms with van der Waals surface area (Å²) in [6, 6.07) is 11.8. The Morgan fingerprint density at radius 3 is 2.62 bits per heavy atom. The molecular formula is C20H22N4O2. The summed E-state index contributed by atoms with van der Waals surface area (Å²) >= 11 is 0. The smallest absolute Gasteiger partial charge is 0.260 e. The van der Waals surface area contributed by atoms with E-state index in [0.717, 1.165) is 53.9 Å². The second-order valence-corrected chi connectivity index (χ2v) is 6.69. The van der Waals surface area contributed by atoms with Crippen LogP contribution in [0.25, 0.3) is 16.7 Å². The number of amides is 1. The van der Waals surface area contributed by atoms with E-state index in [4.69, 9.17) is 4.74 Å². The molecule has 3 aromatic rings. The molecule has 4 rings (SSSR count). The molecule has 0 bridgehead atoms. The van der Waals surface area contributed by atoms with Crippen molar-refractivity contribution in [2.75, 3.05) is 19.7 Å². The van der Waals surface area contributed by atoms with Gasteiger partial charge < -0.3 is 9.64 Å². The monoisotopic (exact) mass is 350 g/mol. The Balaban J connectivity index is 1.65. The molecule has 6 nitrogen and oxygen atoms in total. The highest BCUT2D eigenvalue weighted by atomic mass is 16.5. The fourth-order valence-corrected chi connectivity index (χ4v) is 3.49. The summed E-state index contributed by atoms with van der Waals surface area (Å²) in [4.78, 5) is 18.7. The predicted molar refractivity (Wildman–Crippen MR) is 99.6 cm³/mol. The lowest BCUT2D eigenvalue weighted by atomic mass is 10.2. The van der Waals surface area contributed by atoms with Gasteiger partial charge in [0.1, 0.15) is 0 Å². The van der Waals surface area contributed by atoms with Crippen molar-refractivity contribution in [3.63, 3.8) is 0 Å². The van der Waals surface area contributed by atoms with E-state index in [1.54, 1.807) is 0 Å². The minimum absolute atomic E-state index is 0.0230. The molecule has 0 aliphatic carbocycles. The molecule has 1 fully saturated rings. The largest absolute Gasteiger partial charge is 0.467 e. The van der Waals surface area contributed by atoms with E-state index in [0.29, 0.717) is 5.88 Å². The van der Waals surface area contributed by atoms with E-state index in [1.807, 2.05) is 59.8 Å². The molecule has 0 atom stereocenters. The molecule has 0 unspecified atom stereocenters. The first-order chi connectivity index (χ1) is 12.6. The van der Waals surface area contributed by atoms with Crippen molar-refractivity contribution < 1.29 is 9.53 Å². The van der Waals surface area contributed by atoms with Crippen molar-refractivity contribution in [3.8, 4) is 11.6 Å². The number of benzene rings is 1. The quantitative estimate of drug-likeness (QED) is 0.726. The highest BCUT2D eigenvalue weighted by Gasteiger charge is 2.19. The minimum Gasteiger partial charge on any atom is -0.467 e. The molecule has 1 saturated heterocycles. The lowest BCUT2D eigenvalue weighted by Crippen LogP contribution is -2.32. The molecule has 134 valence electrons. The van der Waals surface area contributed by atoms with Crippen LogP contribution in [-0.4, -0.2) is 45.3 Å². The van der Waals surface area contributed by atoms with Crippen molar-refractivity contribution in [1.29, 1.82) is 0 Å². The molecule has 1 aliphatic rings. The third-order valence-electron chi connectivity index (χ3n) is 4.79. The number of hydrogen-bond acceptors (Lipinski definition) is 4. The number of carbonyl (C=O) groups is 1. The molecule has 0 radical (unpaired) electrons. The summed E-state index contributed by atoms with van der Waals surface area (Å²) in [6.07, 6.45) is 2.15. The van der Waals surface area contributed by atoms with Crippen LogP contribution in [0, 0.1) is 13.8 Å². The van der Waals surface area contributed by atoms with Crippen molar-refractivity contribution in [1.82, 2.24) is 19.7 Å². The molecule has 0 saturated carbocycles. The van der Waals surface area contributed by atoms with E-state index in [2.05, 4.69) is 10.1 Å². The van der Waals surface area contributed by atoms with Crippen LogP contribution in [0.15, 0.2) is 36.4 Å². The van der Waals surface area contributed by atoms with E-state index < -0.39 is 0 Å². The third-order valence-corrected chi connectivity index (χ3v) is 4.79. The van der Waals surface area contributed by atoms with Crippen LogP contribution in [0.4, 0.5) is 0 Å². The van der Waals surface area contributed by atoms with Gasteiger partial charge in [-0.05, 0) is 44.4 Å². The third kappa shape index (κ3) is 3.03. The summed E-state index contributed by atoms with van der Waals surface area (Å²) < 4.78 is 7.55. The average molecular weight is 350 g/mol. The maximum atomic E-state index is 12.2. The maximum Gasteiger partial charge on any atom is 0.260 e. The zero-order valence-corrected chi connectivity index (χ0v) is 15.1. The van der Waals surface area contributed by atoms with E-state index >= 15 is 0 Å². The Kier molecular flexibility index (Phi) is 4.32. The van der Waals surface area contributed by atoms with Gasteiger partial charge in [-0.1, -0.05) is 18.2 Å². The molecule has 1 aromatic carbocycles. The normalized spacial score (nSPS) is 14.2. The molecule has 6 heteroatoms. The number of rotatable bonds is 4. The summed E-state index contributed by atoms with van der Waals surface area (Å²) in [5, 5.41) is 5.66. The maximum absolute atomic E-state index is 12.2. The number of carbonyl (C=O) groups excluding carboxylic acids is 1. The van der Waals surface area contributed by atoms with Crippen LogP contribution < -0.4 is 4.74 Å². The number of hydrogen-bond donors (Lipinski definition) is 0. The average Bonchev–Trinajstić information content (AvgIpc) is 3.29. The fraction of sp³-hybridized carbons (Fsp3) is 0.350. The van der Waals surface area contributed by atoms with E-state index in [9.17, 15) is 4.79 Å². The van der Waals surface area contributed by atoms with Gasteiger partial charge in [0.25, 0.3) is 5.91 Å². The van der Waals surface area contributed by atoms with Crippen LogP contribution in [0.1, 0.15) is 24.1 Å². The zero-order chi connectivity index (χ0) is 18.1. The summed E-state index contributed by atoms with van der Waals surface area (Å²) in [5.41, 5.74) is 3.66. The SMILES string of the molecule is Cc1cc(OCC(=O)N2CCCC2)nc2c1c(C)nn2-c1ccccc1. The van der Waals surface area contributed by atoms with Crippen LogP contribution in [-0.2, 0) is 4.79 Å². The summed E-state index contributed by atoms with van der Waals surface area (Å²) in [5.74, 6) is 0.481. The lowest BCUT2D eigenvalue weighted by molar-refractivity contribution is -0.132.